The van der Waals surface area contributed by atoms with Crippen molar-refractivity contribution in [3.63, 3.8) is 0 Å². The van der Waals surface area contributed by atoms with Gasteiger partial charge in [-0.25, -0.2) is 0 Å². The van der Waals surface area contributed by atoms with Crippen LogP contribution in [0.4, 0.5) is 11.4 Å². The fraction of sp³-hybridized carbons (Fsp3) is 0.250. The summed E-state index contributed by atoms with van der Waals surface area (Å²) in [6.07, 6.45) is 0. The van der Waals surface area contributed by atoms with Crippen LogP contribution in [0.5, 0.6) is 0 Å². The quantitative estimate of drug-likeness (QED) is 0.582. The maximum absolute atomic E-state index is 5.07. The minimum Gasteiger partial charge on any atom is -0.0957 e. The second-order valence-corrected chi connectivity index (χ2v) is 3.10. The van der Waals surface area contributed by atoms with Gasteiger partial charge >= 0.3 is 0 Å². The molecule has 0 amide bonds. The molecule has 0 unspecified atom stereocenters. The van der Waals surface area contributed by atoms with Crippen molar-refractivity contribution in [2.45, 2.75) is 13.8 Å². The Morgan fingerprint density at radius 3 is 1.75 bits per heavy atom. The molecular formula is C8H8N2O2. The predicted octanol–water partition coefficient (Wildman–Crippen LogP) is 1.64. The largest absolute Gasteiger partial charge is 0.129 e. The Morgan fingerprint density at radius 2 is 1.33 bits per heavy atom. The molecule has 1 aromatic carbocycles. The summed E-state index contributed by atoms with van der Waals surface area (Å²) >= 11 is 0. The minimum atomic E-state index is 0.984. The molecule has 3 aliphatic rings. The minimum absolute atomic E-state index is 0.984. The van der Waals surface area contributed by atoms with Crippen LogP contribution in [0.3, 0.4) is 0 Å². The van der Waals surface area contributed by atoms with Gasteiger partial charge in [0.1, 0.15) is 11.4 Å². The molecule has 0 radical (unpaired) electrons. The van der Waals surface area contributed by atoms with Crippen molar-refractivity contribution >= 4 is 11.4 Å². The van der Waals surface area contributed by atoms with Gasteiger partial charge in [-0.1, -0.05) is 20.3 Å². The zero-order valence-electron chi connectivity index (χ0n) is 6.87. The molecule has 4 nitrogen and oxygen atoms in total. The van der Waals surface area contributed by atoms with E-state index in [-0.39, 0.29) is 0 Å². The van der Waals surface area contributed by atoms with Crippen LogP contribution in [0.2, 0.25) is 0 Å². The first kappa shape index (κ1) is 6.28. The molecule has 3 heterocycles. The zero-order valence-corrected chi connectivity index (χ0v) is 6.87. The maximum Gasteiger partial charge on any atom is 0.129 e. The highest BCUT2D eigenvalue weighted by Gasteiger charge is 2.42. The van der Waals surface area contributed by atoms with Gasteiger partial charge in [0.05, 0.1) is 0 Å². The molecule has 0 N–H and O–H groups in total. The Hall–Kier alpha value is -1.26. The molecule has 0 saturated carbocycles. The first-order valence-electron chi connectivity index (χ1n) is 3.83. The van der Waals surface area contributed by atoms with Gasteiger partial charge in [0.15, 0.2) is 0 Å². The molecular weight excluding hydrogens is 156 g/mol. The van der Waals surface area contributed by atoms with E-state index in [1.54, 1.807) is 0 Å². The Labute approximate surface area is 69.7 Å². The number of hydrogen-bond acceptors (Lipinski definition) is 4. The van der Waals surface area contributed by atoms with Crippen LogP contribution in [0.1, 0.15) is 11.1 Å². The van der Waals surface area contributed by atoms with Gasteiger partial charge in [0, 0.05) is 0 Å². The van der Waals surface area contributed by atoms with Crippen LogP contribution in [-0.2, 0) is 9.88 Å². The molecule has 1 aromatic rings. The van der Waals surface area contributed by atoms with Crippen molar-refractivity contribution < 1.29 is 9.88 Å². The van der Waals surface area contributed by atoms with Crippen molar-refractivity contribution in [1.82, 2.24) is 0 Å². The summed E-state index contributed by atoms with van der Waals surface area (Å²) < 4.78 is 0. The third-order valence-electron chi connectivity index (χ3n) is 2.28. The molecule has 4 rings (SSSR count). The van der Waals surface area contributed by atoms with Gasteiger partial charge in [-0.2, -0.15) is 0 Å². The molecule has 0 atom stereocenters. The van der Waals surface area contributed by atoms with E-state index in [9.17, 15) is 0 Å². The van der Waals surface area contributed by atoms with Crippen LogP contribution >= 0.6 is 0 Å². The maximum atomic E-state index is 5.07. The molecule has 1 saturated heterocycles. The number of benzene rings is 1. The number of nitrogens with zero attached hydrogens (tertiary/aromatic N) is 2. The lowest BCUT2D eigenvalue weighted by atomic mass is 10.1. The van der Waals surface area contributed by atoms with Gasteiger partial charge in [-0.3, -0.25) is 0 Å². The highest BCUT2D eigenvalue weighted by atomic mass is 17.3. The van der Waals surface area contributed by atoms with Crippen LogP contribution in [0, 0.1) is 13.8 Å². The van der Waals surface area contributed by atoms with Crippen molar-refractivity contribution in [1.29, 1.82) is 0 Å². The number of hydrogen-bond donors (Lipinski definition) is 0. The van der Waals surface area contributed by atoms with E-state index in [0.29, 0.717) is 0 Å². The van der Waals surface area contributed by atoms with Crippen LogP contribution in [0.15, 0.2) is 12.1 Å². The third kappa shape index (κ3) is 0.554. The normalized spacial score (nSPS) is 17.8. The van der Waals surface area contributed by atoms with E-state index < -0.39 is 0 Å². The van der Waals surface area contributed by atoms with Crippen LogP contribution in [-0.4, -0.2) is 0 Å². The Balaban J connectivity index is 2.25. The second-order valence-electron chi connectivity index (χ2n) is 3.10. The highest BCUT2D eigenvalue weighted by molar-refractivity contribution is 5.75. The number of rotatable bonds is 0. The molecule has 3 aliphatic heterocycles. The van der Waals surface area contributed by atoms with E-state index in [0.717, 1.165) is 11.4 Å². The molecule has 4 heteroatoms. The van der Waals surface area contributed by atoms with E-state index >= 15 is 0 Å². The van der Waals surface area contributed by atoms with Crippen molar-refractivity contribution in [2.24, 2.45) is 0 Å². The lowest BCUT2D eigenvalue weighted by Gasteiger charge is -2.26. The summed E-state index contributed by atoms with van der Waals surface area (Å²) in [5.74, 6) is 0. The summed E-state index contributed by atoms with van der Waals surface area (Å²) in [7, 11) is 0. The second kappa shape index (κ2) is 1.73. The average Bonchev–Trinajstić information content (AvgIpc) is 2.39. The molecule has 0 aliphatic carbocycles. The standard InChI is InChI=1S/C8H8N2O2/c1-5-3-7-8(4-6(5)2)10-11-9(7)12-10/h3-4H,1-2H3. The van der Waals surface area contributed by atoms with Crippen molar-refractivity contribution in [3.05, 3.63) is 23.3 Å². The van der Waals surface area contributed by atoms with Crippen LogP contribution < -0.4 is 10.5 Å². The smallest absolute Gasteiger partial charge is 0.0957 e. The Morgan fingerprint density at radius 1 is 0.917 bits per heavy atom. The molecule has 0 spiro atoms. The van der Waals surface area contributed by atoms with E-state index in [4.69, 9.17) is 9.88 Å². The van der Waals surface area contributed by atoms with Gasteiger partial charge < -0.3 is 0 Å². The van der Waals surface area contributed by atoms with Gasteiger partial charge in [-0.15, -0.1) is 0 Å². The lowest BCUT2D eigenvalue weighted by Crippen LogP contribution is -2.43. The third-order valence-corrected chi connectivity index (χ3v) is 2.28. The fourth-order valence-electron chi connectivity index (χ4n) is 1.39. The first-order chi connectivity index (χ1) is 5.75. The van der Waals surface area contributed by atoms with Crippen molar-refractivity contribution in [3.8, 4) is 0 Å². The molecule has 1 fully saturated rings. The molecule has 62 valence electrons. The summed E-state index contributed by atoms with van der Waals surface area (Å²) in [5.41, 5.74) is 4.46. The van der Waals surface area contributed by atoms with E-state index in [1.165, 1.54) is 21.6 Å². The Kier molecular flexibility index (Phi) is 0.905. The van der Waals surface area contributed by atoms with Gasteiger partial charge in [0.25, 0.3) is 0 Å². The topological polar surface area (TPSA) is 24.9 Å². The zero-order chi connectivity index (χ0) is 8.29. The summed E-state index contributed by atoms with van der Waals surface area (Å²) in [5, 5.41) is 2.81. The van der Waals surface area contributed by atoms with Crippen molar-refractivity contribution in [2.75, 3.05) is 10.5 Å². The number of aryl methyl sites for hydroxylation is 2. The fourth-order valence-corrected chi connectivity index (χ4v) is 1.39. The predicted molar refractivity (Wildman–Crippen MR) is 43.0 cm³/mol. The lowest BCUT2D eigenvalue weighted by molar-refractivity contribution is -0.289. The first-order valence-corrected chi connectivity index (χ1v) is 3.83. The molecule has 12 heavy (non-hydrogen) atoms. The van der Waals surface area contributed by atoms with Crippen LogP contribution in [0.25, 0.3) is 0 Å². The molecule has 0 aromatic heterocycles. The van der Waals surface area contributed by atoms with Gasteiger partial charge in [-0.05, 0) is 37.1 Å². The number of anilines is 2. The highest BCUT2D eigenvalue weighted by Crippen LogP contribution is 2.45. The average molecular weight is 164 g/mol. The summed E-state index contributed by atoms with van der Waals surface area (Å²) in [6, 6.07) is 4.11. The van der Waals surface area contributed by atoms with Gasteiger partial charge in [0.2, 0.25) is 0 Å². The van der Waals surface area contributed by atoms with E-state index in [1.807, 2.05) is 0 Å². The Bertz CT molecular complexity index is 325. The summed E-state index contributed by atoms with van der Waals surface area (Å²) in [4.78, 5) is 10.1. The monoisotopic (exact) mass is 164 g/mol. The molecule has 2 bridgehead atoms. The van der Waals surface area contributed by atoms with E-state index in [2.05, 4.69) is 26.0 Å². The summed E-state index contributed by atoms with van der Waals surface area (Å²) in [6.45, 7) is 4.14. The SMILES string of the molecule is Cc1cc2c(cc1C)N1ON2O1.